The molecule has 2 aliphatic rings. The van der Waals surface area contributed by atoms with E-state index in [1.165, 1.54) is 35.2 Å². The minimum absolute atomic E-state index is 0.0720. The van der Waals surface area contributed by atoms with Crippen LogP contribution < -0.4 is 10.9 Å². The number of carbonyl (C=O) groups excluding carboxylic acids is 2. The molecule has 38 heavy (non-hydrogen) atoms. The molecular weight excluding hydrogens is 606 g/mol. The van der Waals surface area contributed by atoms with Crippen LogP contribution in [0.4, 0.5) is 9.18 Å². The first-order valence-electron chi connectivity index (χ1n) is 12.6. The van der Waals surface area contributed by atoms with Crippen molar-refractivity contribution in [1.29, 1.82) is 0 Å². The number of urea groups is 1. The van der Waals surface area contributed by atoms with E-state index in [1.807, 2.05) is 10.8 Å². The molecule has 0 bridgehead atoms. The molecule has 1 aromatic carbocycles. The number of likely N-dealkylation sites (tertiary alicyclic amines) is 2. The van der Waals surface area contributed by atoms with Crippen molar-refractivity contribution in [2.45, 2.75) is 47.9 Å². The van der Waals surface area contributed by atoms with Gasteiger partial charge in [-0.1, -0.05) is 22.6 Å². The van der Waals surface area contributed by atoms with Crippen molar-refractivity contribution in [3.05, 3.63) is 64.6 Å². The van der Waals surface area contributed by atoms with Gasteiger partial charge in [0.15, 0.2) is 0 Å². The largest absolute Gasteiger partial charge is 0.388 e. The highest BCUT2D eigenvalue weighted by atomic mass is 127. The molecule has 2 atom stereocenters. The minimum Gasteiger partial charge on any atom is -0.388 e. The zero-order valence-electron chi connectivity index (χ0n) is 21.0. The van der Waals surface area contributed by atoms with E-state index in [-0.39, 0.29) is 40.6 Å². The van der Waals surface area contributed by atoms with Crippen molar-refractivity contribution in [3.63, 3.8) is 0 Å². The Morgan fingerprint density at radius 2 is 1.89 bits per heavy atom. The van der Waals surface area contributed by atoms with Gasteiger partial charge in [-0.25, -0.2) is 14.2 Å². The number of amides is 3. The van der Waals surface area contributed by atoms with Crippen LogP contribution in [0.5, 0.6) is 0 Å². The summed E-state index contributed by atoms with van der Waals surface area (Å²) in [7, 11) is 1.62. The predicted octanol–water partition coefficient (Wildman–Crippen LogP) is 2.74. The Bertz CT molecular complexity index is 1400. The molecule has 202 valence electrons. The molecule has 0 saturated carbocycles. The number of hydrogen-bond donors (Lipinski definition) is 2. The van der Waals surface area contributed by atoms with E-state index >= 15 is 0 Å². The number of rotatable bonds is 4. The summed E-state index contributed by atoms with van der Waals surface area (Å²) in [4.78, 5) is 46.2. The maximum atomic E-state index is 13.3. The Hall–Kier alpha value is -3.00. The SMILES string of the molecule is CNC(=O)N1CCC(n2ccc3c(=O)n(CC4(O)CCN(C(=O)c5ccc(F)cc5)C(I)C4)cnc32)CC1. The molecule has 2 saturated heterocycles. The number of aliphatic hydroxyl groups is 1. The number of carbonyl (C=O) groups is 2. The number of nitrogens with zero attached hydrogens (tertiary/aromatic N) is 5. The lowest BCUT2D eigenvalue weighted by Gasteiger charge is -2.42. The van der Waals surface area contributed by atoms with Gasteiger partial charge in [-0.05, 0) is 49.6 Å². The number of hydrogen-bond acceptors (Lipinski definition) is 5. The summed E-state index contributed by atoms with van der Waals surface area (Å²) in [6.45, 7) is 1.65. The van der Waals surface area contributed by atoms with Crippen LogP contribution in [0.15, 0.2) is 47.7 Å². The fraction of sp³-hybridized carbons (Fsp3) is 0.462. The van der Waals surface area contributed by atoms with E-state index in [4.69, 9.17) is 0 Å². The Morgan fingerprint density at radius 1 is 1.18 bits per heavy atom. The maximum Gasteiger partial charge on any atom is 0.317 e. The van der Waals surface area contributed by atoms with Gasteiger partial charge in [-0.3, -0.25) is 14.2 Å². The van der Waals surface area contributed by atoms with Gasteiger partial charge in [-0.2, -0.15) is 0 Å². The van der Waals surface area contributed by atoms with E-state index in [1.54, 1.807) is 22.9 Å². The molecule has 2 fully saturated rings. The van der Waals surface area contributed by atoms with Crippen molar-refractivity contribution < 1.29 is 19.1 Å². The highest BCUT2D eigenvalue weighted by Gasteiger charge is 2.40. The smallest absolute Gasteiger partial charge is 0.317 e. The molecule has 0 radical (unpaired) electrons. The molecule has 2 aromatic heterocycles. The molecule has 10 nitrogen and oxygen atoms in total. The number of nitrogens with one attached hydrogen (secondary N) is 1. The first-order chi connectivity index (χ1) is 18.2. The summed E-state index contributed by atoms with van der Waals surface area (Å²) in [6.07, 6.45) is 5.48. The maximum absolute atomic E-state index is 13.3. The summed E-state index contributed by atoms with van der Waals surface area (Å²) in [5, 5.41) is 14.5. The third kappa shape index (κ3) is 5.15. The average Bonchev–Trinajstić information content (AvgIpc) is 3.35. The van der Waals surface area contributed by atoms with E-state index < -0.39 is 11.4 Å². The van der Waals surface area contributed by atoms with Gasteiger partial charge in [0.2, 0.25) is 0 Å². The van der Waals surface area contributed by atoms with Crippen molar-refractivity contribution in [2.75, 3.05) is 26.7 Å². The number of benzene rings is 1. The molecule has 2 aliphatic heterocycles. The highest BCUT2D eigenvalue weighted by Crippen LogP contribution is 2.33. The second kappa shape index (κ2) is 10.6. The van der Waals surface area contributed by atoms with Gasteiger partial charge in [-0.15, -0.1) is 0 Å². The van der Waals surface area contributed by atoms with Crippen LogP contribution in [0.3, 0.4) is 0 Å². The standard InChI is InChI=1S/C26H30FIN6O4/c1-29-25(37)31-10-6-19(7-11-31)33-12-8-20-22(33)30-16-32(24(20)36)15-26(38)9-13-34(21(28)14-26)23(35)17-2-4-18(27)5-3-17/h2-5,8,12,16,19,21,38H,6-7,9-11,13-15H2,1H3,(H,29,37). The first kappa shape index (κ1) is 26.6. The summed E-state index contributed by atoms with van der Waals surface area (Å²) in [5.41, 5.74) is -0.407. The fourth-order valence-electron chi connectivity index (χ4n) is 5.43. The molecular formula is C26H30FIN6O4. The van der Waals surface area contributed by atoms with E-state index in [0.29, 0.717) is 42.7 Å². The van der Waals surface area contributed by atoms with Gasteiger partial charge < -0.3 is 24.8 Å². The van der Waals surface area contributed by atoms with E-state index in [2.05, 4.69) is 32.9 Å². The summed E-state index contributed by atoms with van der Waals surface area (Å²) >= 11 is 2.13. The second-order valence-electron chi connectivity index (χ2n) is 10.0. The number of piperidine rings is 2. The minimum atomic E-state index is -1.18. The Labute approximate surface area is 232 Å². The van der Waals surface area contributed by atoms with Crippen LogP contribution in [-0.2, 0) is 6.54 Å². The monoisotopic (exact) mass is 636 g/mol. The predicted molar refractivity (Wildman–Crippen MR) is 148 cm³/mol. The summed E-state index contributed by atoms with van der Waals surface area (Å²) in [6, 6.07) is 7.25. The van der Waals surface area contributed by atoms with Crippen molar-refractivity contribution in [2.24, 2.45) is 0 Å². The Balaban J connectivity index is 1.28. The first-order valence-corrected chi connectivity index (χ1v) is 13.9. The molecule has 3 amide bonds. The molecule has 12 heteroatoms. The summed E-state index contributed by atoms with van der Waals surface area (Å²) < 4.78 is 16.4. The highest BCUT2D eigenvalue weighted by molar-refractivity contribution is 14.1. The topological polar surface area (TPSA) is 113 Å². The van der Waals surface area contributed by atoms with Crippen LogP contribution in [0, 0.1) is 5.82 Å². The van der Waals surface area contributed by atoms with Crippen molar-refractivity contribution in [1.82, 2.24) is 29.2 Å². The Morgan fingerprint density at radius 3 is 2.55 bits per heavy atom. The van der Waals surface area contributed by atoms with E-state index in [9.17, 15) is 23.9 Å². The number of alkyl halides is 1. The molecule has 2 unspecified atom stereocenters. The normalized spacial score (nSPS) is 22.6. The zero-order chi connectivity index (χ0) is 27.0. The lowest BCUT2D eigenvalue weighted by molar-refractivity contribution is -0.0332. The average molecular weight is 636 g/mol. The summed E-state index contributed by atoms with van der Waals surface area (Å²) in [5.74, 6) is -0.618. The zero-order valence-corrected chi connectivity index (χ0v) is 23.2. The van der Waals surface area contributed by atoms with Crippen molar-refractivity contribution in [3.8, 4) is 0 Å². The lowest BCUT2D eigenvalue weighted by Crippen LogP contribution is -2.52. The number of fused-ring (bicyclic) bond motifs is 1. The van der Waals surface area contributed by atoms with Crippen molar-refractivity contribution >= 4 is 45.6 Å². The van der Waals surface area contributed by atoms with Crippen LogP contribution in [0.2, 0.25) is 0 Å². The molecule has 4 heterocycles. The lowest BCUT2D eigenvalue weighted by atomic mass is 9.90. The second-order valence-corrected chi connectivity index (χ2v) is 11.5. The fourth-order valence-corrected chi connectivity index (χ4v) is 6.78. The van der Waals surface area contributed by atoms with E-state index in [0.717, 1.165) is 12.8 Å². The molecule has 0 aliphatic carbocycles. The third-order valence-electron chi connectivity index (χ3n) is 7.58. The van der Waals surface area contributed by atoms with Crippen LogP contribution in [0.1, 0.15) is 42.1 Å². The Kier molecular flexibility index (Phi) is 7.45. The molecule has 3 aromatic rings. The van der Waals surface area contributed by atoms with Crippen LogP contribution >= 0.6 is 22.6 Å². The molecule has 5 rings (SSSR count). The third-order valence-corrected chi connectivity index (χ3v) is 8.69. The van der Waals surface area contributed by atoms with Gasteiger partial charge in [0.05, 0.1) is 21.6 Å². The number of halogens is 2. The molecule has 2 N–H and O–H groups in total. The van der Waals surface area contributed by atoms with Gasteiger partial charge in [0, 0.05) is 50.9 Å². The van der Waals surface area contributed by atoms with Crippen LogP contribution in [0.25, 0.3) is 11.0 Å². The quantitative estimate of drug-likeness (QED) is 0.260. The number of aromatic nitrogens is 3. The van der Waals surface area contributed by atoms with Crippen LogP contribution in [-0.4, -0.2) is 77.3 Å². The van der Waals surface area contributed by atoms with Gasteiger partial charge >= 0.3 is 6.03 Å². The van der Waals surface area contributed by atoms with Gasteiger partial charge in [0.25, 0.3) is 11.5 Å². The van der Waals surface area contributed by atoms with Gasteiger partial charge in [0.1, 0.15) is 17.8 Å². The molecule has 0 spiro atoms.